The van der Waals surface area contributed by atoms with Gasteiger partial charge in [0.25, 0.3) is 0 Å². The highest BCUT2D eigenvalue weighted by molar-refractivity contribution is 5.94. The van der Waals surface area contributed by atoms with Crippen molar-refractivity contribution in [1.82, 2.24) is 0 Å². The number of fused-ring (bicyclic) bond motifs is 1. The van der Waals surface area contributed by atoms with Gasteiger partial charge in [-0.25, -0.2) is 0 Å². The molecule has 2 aromatic carbocycles. The summed E-state index contributed by atoms with van der Waals surface area (Å²) in [6.45, 7) is 1.56. The minimum Gasteiger partial charge on any atom is -0.493 e. The zero-order chi connectivity index (χ0) is 18.0. The van der Waals surface area contributed by atoms with Crippen LogP contribution in [0.3, 0.4) is 0 Å². The van der Waals surface area contributed by atoms with Crippen LogP contribution >= 0.6 is 0 Å². The first-order chi connectivity index (χ1) is 12.1. The number of methoxy groups -OCH3 is 3. The van der Waals surface area contributed by atoms with Crippen molar-refractivity contribution in [3.8, 4) is 17.2 Å². The fraction of sp³-hybridized carbons (Fsp3) is 0.316. The summed E-state index contributed by atoms with van der Waals surface area (Å²) >= 11 is 0. The van der Waals surface area contributed by atoms with Crippen molar-refractivity contribution in [3.05, 3.63) is 47.0 Å². The minimum atomic E-state index is -0.414. The number of anilines is 1. The van der Waals surface area contributed by atoms with Crippen molar-refractivity contribution in [3.63, 3.8) is 0 Å². The minimum absolute atomic E-state index is 0.414. The zero-order valence-corrected chi connectivity index (χ0v) is 14.7. The molecule has 6 nitrogen and oxygen atoms in total. The average Bonchev–Trinajstić information content (AvgIpc) is 3.02. The summed E-state index contributed by atoms with van der Waals surface area (Å²) in [5, 5.41) is 0. The molecule has 1 amide bonds. The molecule has 1 heterocycles. The molecule has 1 aliphatic rings. The number of nitrogens with two attached hydrogens (primary N) is 1. The number of rotatable bonds is 6. The third-order valence-electron chi connectivity index (χ3n) is 4.46. The first-order valence-corrected chi connectivity index (χ1v) is 8.04. The number of benzene rings is 2. The molecule has 2 aromatic rings. The van der Waals surface area contributed by atoms with E-state index in [4.69, 9.17) is 19.9 Å². The Balaban J connectivity index is 1.92. The van der Waals surface area contributed by atoms with E-state index in [0.717, 1.165) is 24.2 Å². The Hall–Kier alpha value is -2.89. The number of carbonyl (C=O) groups excluding carboxylic acids is 1. The normalized spacial score (nSPS) is 12.7. The zero-order valence-electron chi connectivity index (χ0n) is 14.7. The maximum atomic E-state index is 11.5. The van der Waals surface area contributed by atoms with Crippen molar-refractivity contribution in [2.24, 2.45) is 5.73 Å². The first kappa shape index (κ1) is 17.0. The summed E-state index contributed by atoms with van der Waals surface area (Å²) in [5.74, 6) is 1.42. The molecule has 0 spiro atoms. The maximum absolute atomic E-state index is 11.5. The quantitative estimate of drug-likeness (QED) is 0.872. The molecule has 0 atom stereocenters. The molecule has 0 bridgehead atoms. The molecular weight excluding hydrogens is 320 g/mol. The molecule has 1 aliphatic heterocycles. The predicted molar refractivity (Wildman–Crippen MR) is 95.8 cm³/mol. The Morgan fingerprint density at radius 2 is 1.76 bits per heavy atom. The van der Waals surface area contributed by atoms with Gasteiger partial charge in [0.1, 0.15) is 0 Å². The molecule has 0 saturated heterocycles. The second-order valence-electron chi connectivity index (χ2n) is 5.91. The second-order valence-corrected chi connectivity index (χ2v) is 5.91. The number of hydrogen-bond acceptors (Lipinski definition) is 5. The van der Waals surface area contributed by atoms with Gasteiger partial charge < -0.3 is 24.8 Å². The number of carbonyl (C=O) groups is 1. The van der Waals surface area contributed by atoms with Crippen LogP contribution in [0.5, 0.6) is 17.2 Å². The lowest BCUT2D eigenvalue weighted by Gasteiger charge is -2.21. The third-order valence-corrected chi connectivity index (χ3v) is 4.46. The Morgan fingerprint density at radius 1 is 1.08 bits per heavy atom. The van der Waals surface area contributed by atoms with Gasteiger partial charge in [0.05, 0.1) is 21.3 Å². The van der Waals surface area contributed by atoms with E-state index in [1.54, 1.807) is 27.4 Å². The Bertz CT molecular complexity index is 779. The van der Waals surface area contributed by atoms with Gasteiger partial charge in [-0.1, -0.05) is 6.07 Å². The summed E-state index contributed by atoms with van der Waals surface area (Å²) in [5.41, 5.74) is 9.23. The van der Waals surface area contributed by atoms with E-state index in [0.29, 0.717) is 29.4 Å². The van der Waals surface area contributed by atoms with Crippen molar-refractivity contribution in [2.45, 2.75) is 13.0 Å². The summed E-state index contributed by atoms with van der Waals surface area (Å²) in [7, 11) is 4.79. The van der Waals surface area contributed by atoms with Crippen LogP contribution < -0.4 is 24.8 Å². The van der Waals surface area contributed by atoms with Crippen LogP contribution in [0.4, 0.5) is 5.69 Å². The molecule has 6 heteroatoms. The predicted octanol–water partition coefficient (Wildman–Crippen LogP) is 2.37. The molecule has 25 heavy (non-hydrogen) atoms. The lowest BCUT2D eigenvalue weighted by molar-refractivity contribution is 0.100. The molecule has 3 rings (SSSR count). The van der Waals surface area contributed by atoms with Gasteiger partial charge in [-0.3, -0.25) is 4.79 Å². The smallest absolute Gasteiger partial charge is 0.248 e. The number of primary amides is 1. The Morgan fingerprint density at radius 3 is 2.32 bits per heavy atom. The summed E-state index contributed by atoms with van der Waals surface area (Å²) in [4.78, 5) is 13.7. The summed E-state index contributed by atoms with van der Waals surface area (Å²) < 4.78 is 16.2. The highest BCUT2D eigenvalue weighted by atomic mass is 16.5. The average molecular weight is 342 g/mol. The van der Waals surface area contributed by atoms with Crippen LogP contribution in [-0.4, -0.2) is 33.8 Å². The van der Waals surface area contributed by atoms with E-state index in [1.165, 1.54) is 5.56 Å². The fourth-order valence-corrected chi connectivity index (χ4v) is 3.21. The van der Waals surface area contributed by atoms with E-state index in [-0.39, 0.29) is 0 Å². The van der Waals surface area contributed by atoms with Crippen LogP contribution in [-0.2, 0) is 13.0 Å². The Kier molecular flexibility index (Phi) is 4.70. The SMILES string of the molecule is COc1cc(CN2CCc3ccc(C(N)=O)cc32)cc(OC)c1OC. The number of ether oxygens (including phenoxy) is 3. The van der Waals surface area contributed by atoms with Crippen LogP contribution in [0, 0.1) is 0 Å². The van der Waals surface area contributed by atoms with Crippen molar-refractivity contribution < 1.29 is 19.0 Å². The molecule has 2 N–H and O–H groups in total. The van der Waals surface area contributed by atoms with E-state index < -0.39 is 5.91 Å². The van der Waals surface area contributed by atoms with Gasteiger partial charge in [0, 0.05) is 24.3 Å². The third kappa shape index (κ3) is 3.20. The van der Waals surface area contributed by atoms with Gasteiger partial charge >= 0.3 is 0 Å². The van der Waals surface area contributed by atoms with E-state index in [9.17, 15) is 4.79 Å². The van der Waals surface area contributed by atoms with Gasteiger partial charge in [-0.2, -0.15) is 0 Å². The molecule has 0 unspecified atom stereocenters. The van der Waals surface area contributed by atoms with Gasteiger partial charge in [0.15, 0.2) is 11.5 Å². The molecule has 0 fully saturated rings. The molecule has 0 radical (unpaired) electrons. The summed E-state index contributed by atoms with van der Waals surface area (Å²) in [6, 6.07) is 9.51. The molecular formula is C19H22N2O4. The lowest BCUT2D eigenvalue weighted by atomic mass is 10.1. The molecule has 0 aliphatic carbocycles. The standard InChI is InChI=1S/C19H22N2O4/c1-23-16-8-12(9-17(24-2)18(16)25-3)11-21-7-6-13-4-5-14(19(20)22)10-15(13)21/h4-5,8-10H,6-7,11H2,1-3H3,(H2,20,22). The highest BCUT2D eigenvalue weighted by Gasteiger charge is 2.22. The monoisotopic (exact) mass is 342 g/mol. The summed E-state index contributed by atoms with van der Waals surface area (Å²) in [6.07, 6.45) is 0.943. The molecule has 0 saturated carbocycles. The molecule has 132 valence electrons. The van der Waals surface area contributed by atoms with Gasteiger partial charge in [-0.15, -0.1) is 0 Å². The van der Waals surface area contributed by atoms with E-state index in [1.807, 2.05) is 24.3 Å². The highest BCUT2D eigenvalue weighted by Crippen LogP contribution is 2.39. The van der Waals surface area contributed by atoms with Crippen LogP contribution in [0.25, 0.3) is 0 Å². The van der Waals surface area contributed by atoms with Crippen molar-refractivity contribution in [1.29, 1.82) is 0 Å². The first-order valence-electron chi connectivity index (χ1n) is 8.04. The van der Waals surface area contributed by atoms with Crippen LogP contribution in [0.15, 0.2) is 30.3 Å². The topological polar surface area (TPSA) is 74.0 Å². The maximum Gasteiger partial charge on any atom is 0.248 e. The molecule has 0 aromatic heterocycles. The van der Waals surface area contributed by atoms with Crippen LogP contribution in [0.1, 0.15) is 21.5 Å². The Labute approximate surface area is 147 Å². The van der Waals surface area contributed by atoms with Gasteiger partial charge in [-0.05, 0) is 41.8 Å². The lowest BCUT2D eigenvalue weighted by Crippen LogP contribution is -2.20. The number of hydrogen-bond donors (Lipinski definition) is 1. The second kappa shape index (κ2) is 6.93. The van der Waals surface area contributed by atoms with Crippen molar-refractivity contribution in [2.75, 3.05) is 32.8 Å². The van der Waals surface area contributed by atoms with E-state index >= 15 is 0 Å². The fourth-order valence-electron chi connectivity index (χ4n) is 3.21. The van der Waals surface area contributed by atoms with E-state index in [2.05, 4.69) is 4.90 Å². The van der Waals surface area contributed by atoms with Crippen LogP contribution in [0.2, 0.25) is 0 Å². The van der Waals surface area contributed by atoms with Gasteiger partial charge in [0.2, 0.25) is 11.7 Å². The van der Waals surface area contributed by atoms with Crippen molar-refractivity contribution >= 4 is 11.6 Å². The number of amides is 1. The largest absolute Gasteiger partial charge is 0.493 e. The number of nitrogens with zero attached hydrogens (tertiary/aromatic N) is 1.